The number of halogens is 3. The van der Waals surface area contributed by atoms with E-state index in [1.165, 1.54) is 17.0 Å². The minimum Gasteiger partial charge on any atom is -0.489 e. The van der Waals surface area contributed by atoms with E-state index in [0.29, 0.717) is 11.4 Å². The summed E-state index contributed by atoms with van der Waals surface area (Å²) < 4.78 is 49.7. The lowest BCUT2D eigenvalue weighted by Crippen LogP contribution is -2.48. The minimum absolute atomic E-state index is 0.164. The third-order valence-electron chi connectivity index (χ3n) is 4.66. The molecule has 1 unspecified atom stereocenters. The standard InChI is InChI=1S/C21H17F3N2O3/c22-21(23,24)15-6-8-16(9-7-15)26-11-17(28-13-19(26)27)12-29-18-5-1-3-14-4-2-10-25-20(14)18/h1-10,17H,11-13H2. The number of fused-ring (bicyclic) bond motifs is 1. The van der Waals surface area contributed by atoms with Gasteiger partial charge >= 0.3 is 6.18 Å². The van der Waals surface area contributed by atoms with Gasteiger partial charge in [-0.3, -0.25) is 9.78 Å². The van der Waals surface area contributed by atoms with Crippen molar-refractivity contribution in [2.45, 2.75) is 12.3 Å². The van der Waals surface area contributed by atoms with Crippen LogP contribution in [0.3, 0.4) is 0 Å². The molecule has 2 heterocycles. The maximum Gasteiger partial charge on any atom is 0.416 e. The summed E-state index contributed by atoms with van der Waals surface area (Å²) in [6.07, 6.45) is -3.16. The summed E-state index contributed by atoms with van der Waals surface area (Å²) in [6, 6.07) is 13.9. The first kappa shape index (κ1) is 19.2. The van der Waals surface area contributed by atoms with E-state index < -0.39 is 17.8 Å². The van der Waals surface area contributed by atoms with Gasteiger partial charge in [0.1, 0.15) is 30.6 Å². The second-order valence-electron chi connectivity index (χ2n) is 6.62. The average Bonchev–Trinajstić information content (AvgIpc) is 2.72. The molecule has 1 aromatic heterocycles. The zero-order chi connectivity index (χ0) is 20.4. The molecule has 8 heteroatoms. The number of carbonyl (C=O) groups excluding carboxylic acids is 1. The summed E-state index contributed by atoms with van der Waals surface area (Å²) in [4.78, 5) is 17.9. The molecule has 29 heavy (non-hydrogen) atoms. The van der Waals surface area contributed by atoms with E-state index in [0.717, 1.165) is 23.0 Å². The van der Waals surface area contributed by atoms with E-state index >= 15 is 0 Å². The van der Waals surface area contributed by atoms with Gasteiger partial charge in [0.2, 0.25) is 0 Å². The number of hydrogen-bond acceptors (Lipinski definition) is 4. The lowest BCUT2D eigenvalue weighted by atomic mass is 10.1. The molecule has 1 aliphatic rings. The van der Waals surface area contributed by atoms with Gasteiger partial charge in [-0.1, -0.05) is 18.2 Å². The number of aromatic nitrogens is 1. The number of amides is 1. The number of carbonyl (C=O) groups is 1. The van der Waals surface area contributed by atoms with Gasteiger partial charge in [0, 0.05) is 17.3 Å². The first-order chi connectivity index (χ1) is 13.9. The Hall–Kier alpha value is -3.13. The Morgan fingerprint density at radius 3 is 2.62 bits per heavy atom. The average molecular weight is 402 g/mol. The van der Waals surface area contributed by atoms with Crippen molar-refractivity contribution in [3.63, 3.8) is 0 Å². The molecule has 2 aromatic carbocycles. The Labute approximate surface area is 164 Å². The molecule has 1 saturated heterocycles. The number of benzene rings is 2. The van der Waals surface area contributed by atoms with Crippen LogP contribution in [0.2, 0.25) is 0 Å². The zero-order valence-corrected chi connectivity index (χ0v) is 15.2. The summed E-state index contributed by atoms with van der Waals surface area (Å²) in [5, 5.41) is 0.941. The number of ether oxygens (including phenoxy) is 2. The van der Waals surface area contributed by atoms with Gasteiger partial charge in [-0.25, -0.2) is 0 Å². The molecule has 4 rings (SSSR count). The smallest absolute Gasteiger partial charge is 0.416 e. The zero-order valence-electron chi connectivity index (χ0n) is 15.2. The normalized spacial score (nSPS) is 17.6. The van der Waals surface area contributed by atoms with E-state index in [1.807, 2.05) is 24.3 Å². The highest BCUT2D eigenvalue weighted by molar-refractivity contribution is 5.95. The SMILES string of the molecule is O=C1COC(COc2cccc3cccnc23)CN1c1ccc(C(F)(F)F)cc1. The Morgan fingerprint density at radius 1 is 1.10 bits per heavy atom. The molecule has 3 aromatic rings. The number of hydrogen-bond donors (Lipinski definition) is 0. The fourth-order valence-electron chi connectivity index (χ4n) is 3.18. The quantitative estimate of drug-likeness (QED) is 0.660. The molecule has 1 fully saturated rings. The number of alkyl halides is 3. The number of morpholine rings is 1. The second-order valence-corrected chi connectivity index (χ2v) is 6.62. The molecule has 0 bridgehead atoms. The van der Waals surface area contributed by atoms with Gasteiger partial charge < -0.3 is 14.4 Å². The van der Waals surface area contributed by atoms with Crippen molar-refractivity contribution in [2.75, 3.05) is 24.7 Å². The molecule has 0 aliphatic carbocycles. The largest absolute Gasteiger partial charge is 0.489 e. The third-order valence-corrected chi connectivity index (χ3v) is 4.66. The molecule has 5 nitrogen and oxygen atoms in total. The van der Waals surface area contributed by atoms with Crippen molar-refractivity contribution in [3.8, 4) is 5.75 Å². The van der Waals surface area contributed by atoms with Gasteiger partial charge in [-0.2, -0.15) is 13.2 Å². The Morgan fingerprint density at radius 2 is 1.86 bits per heavy atom. The number of pyridine rings is 1. The van der Waals surface area contributed by atoms with Crippen molar-refractivity contribution in [1.82, 2.24) is 4.98 Å². The fourth-order valence-corrected chi connectivity index (χ4v) is 3.18. The van der Waals surface area contributed by atoms with Crippen molar-refractivity contribution in [3.05, 3.63) is 66.4 Å². The summed E-state index contributed by atoms with van der Waals surface area (Å²) >= 11 is 0. The van der Waals surface area contributed by atoms with E-state index in [4.69, 9.17) is 9.47 Å². The van der Waals surface area contributed by atoms with Crippen molar-refractivity contribution >= 4 is 22.5 Å². The van der Waals surface area contributed by atoms with Crippen LogP contribution in [0.4, 0.5) is 18.9 Å². The Balaban J connectivity index is 1.45. The van der Waals surface area contributed by atoms with Crippen LogP contribution in [0.1, 0.15) is 5.56 Å². The third kappa shape index (κ3) is 4.17. The predicted octanol–water partition coefficient (Wildman–Crippen LogP) is 4.06. The number of anilines is 1. The van der Waals surface area contributed by atoms with Gasteiger partial charge in [0.25, 0.3) is 5.91 Å². The second kappa shape index (κ2) is 7.71. The van der Waals surface area contributed by atoms with Gasteiger partial charge in [0.15, 0.2) is 0 Å². The van der Waals surface area contributed by atoms with Crippen LogP contribution in [0.15, 0.2) is 60.8 Å². The van der Waals surface area contributed by atoms with Crippen LogP contribution >= 0.6 is 0 Å². The maximum absolute atomic E-state index is 12.8. The highest BCUT2D eigenvalue weighted by Crippen LogP contribution is 2.31. The highest BCUT2D eigenvalue weighted by Gasteiger charge is 2.32. The van der Waals surface area contributed by atoms with Crippen LogP contribution in [0, 0.1) is 0 Å². The van der Waals surface area contributed by atoms with Crippen molar-refractivity contribution < 1.29 is 27.4 Å². The van der Waals surface area contributed by atoms with Crippen LogP contribution < -0.4 is 9.64 Å². The van der Waals surface area contributed by atoms with Crippen molar-refractivity contribution in [2.24, 2.45) is 0 Å². The van der Waals surface area contributed by atoms with E-state index in [-0.39, 0.29) is 25.7 Å². The Kier molecular flexibility index (Phi) is 5.10. The lowest BCUT2D eigenvalue weighted by molar-refractivity contribution is -0.137. The first-order valence-electron chi connectivity index (χ1n) is 8.97. The molecule has 1 amide bonds. The molecule has 0 radical (unpaired) electrons. The summed E-state index contributed by atoms with van der Waals surface area (Å²) in [6.45, 7) is 0.200. The number of para-hydroxylation sites is 1. The fraction of sp³-hybridized carbons (Fsp3) is 0.238. The molecule has 0 saturated carbocycles. The van der Waals surface area contributed by atoms with Crippen LogP contribution in [-0.4, -0.2) is 36.8 Å². The van der Waals surface area contributed by atoms with Gasteiger partial charge in [-0.05, 0) is 36.4 Å². The number of nitrogens with zero attached hydrogens (tertiary/aromatic N) is 2. The molecular weight excluding hydrogens is 385 g/mol. The van der Waals surface area contributed by atoms with Gasteiger partial charge in [0.05, 0.1) is 12.1 Å². The maximum atomic E-state index is 12.8. The molecule has 1 aliphatic heterocycles. The Bertz CT molecular complexity index is 1020. The molecular formula is C21H17F3N2O3. The highest BCUT2D eigenvalue weighted by atomic mass is 19.4. The summed E-state index contributed by atoms with van der Waals surface area (Å²) in [5.74, 6) is 0.289. The summed E-state index contributed by atoms with van der Waals surface area (Å²) in [7, 11) is 0. The molecule has 1 atom stereocenters. The van der Waals surface area contributed by atoms with E-state index in [2.05, 4.69) is 4.98 Å². The number of rotatable bonds is 4. The van der Waals surface area contributed by atoms with Crippen LogP contribution in [-0.2, 0) is 15.7 Å². The van der Waals surface area contributed by atoms with Crippen molar-refractivity contribution in [1.29, 1.82) is 0 Å². The van der Waals surface area contributed by atoms with E-state index in [9.17, 15) is 18.0 Å². The van der Waals surface area contributed by atoms with Crippen LogP contribution in [0.5, 0.6) is 5.75 Å². The lowest BCUT2D eigenvalue weighted by Gasteiger charge is -2.32. The monoisotopic (exact) mass is 402 g/mol. The molecule has 0 N–H and O–H groups in total. The topological polar surface area (TPSA) is 51.7 Å². The first-order valence-corrected chi connectivity index (χ1v) is 8.97. The summed E-state index contributed by atoms with van der Waals surface area (Å²) in [5.41, 5.74) is 0.356. The molecule has 0 spiro atoms. The van der Waals surface area contributed by atoms with Gasteiger partial charge in [-0.15, -0.1) is 0 Å². The predicted molar refractivity (Wildman–Crippen MR) is 101 cm³/mol. The van der Waals surface area contributed by atoms with Crippen LogP contribution in [0.25, 0.3) is 10.9 Å². The van der Waals surface area contributed by atoms with E-state index in [1.54, 1.807) is 12.3 Å². The minimum atomic E-state index is -4.42. The molecule has 150 valence electrons.